The number of likely N-dealkylation sites (N-methyl/N-ethyl adjacent to an activating group) is 2. The van der Waals surface area contributed by atoms with E-state index in [4.69, 9.17) is 0 Å². The number of hydrogen-bond acceptors (Lipinski definition) is 2. The lowest BCUT2D eigenvalue weighted by atomic mass is 10.0. The second-order valence-electron chi connectivity index (χ2n) is 5.22. The van der Waals surface area contributed by atoms with Gasteiger partial charge in [-0.1, -0.05) is 24.1 Å². The number of nitrogens with zero attached hydrogens (tertiary/aromatic N) is 2. The maximum atomic E-state index is 12.5. The van der Waals surface area contributed by atoms with Crippen molar-refractivity contribution in [3.05, 3.63) is 29.8 Å². The molecule has 0 aliphatic carbocycles. The van der Waals surface area contributed by atoms with Gasteiger partial charge in [-0.2, -0.15) is 0 Å². The summed E-state index contributed by atoms with van der Waals surface area (Å²) in [4.78, 5) is 16.4. The summed E-state index contributed by atoms with van der Waals surface area (Å²) < 4.78 is 0. The number of rotatable bonds is 2. The van der Waals surface area contributed by atoms with E-state index in [2.05, 4.69) is 11.8 Å². The summed E-state index contributed by atoms with van der Waals surface area (Å²) >= 11 is 0. The van der Waals surface area contributed by atoms with Crippen molar-refractivity contribution < 1.29 is 4.79 Å². The molecule has 0 bridgehead atoms. The molecule has 0 aromatic heterocycles. The van der Waals surface area contributed by atoms with Crippen LogP contribution in [0.1, 0.15) is 24.8 Å². The fourth-order valence-electron chi connectivity index (χ4n) is 2.51. The minimum Gasteiger partial charge on any atom is -0.314 e. The van der Waals surface area contributed by atoms with Gasteiger partial charge in [0.25, 0.3) is 0 Å². The molecule has 3 heteroatoms. The SMILES string of the molecule is Cc1ccc(N(C)C(=O)C2CCCCN2C)cc1. The van der Waals surface area contributed by atoms with Gasteiger partial charge in [-0.15, -0.1) is 0 Å². The minimum atomic E-state index is 0.0463. The van der Waals surface area contributed by atoms with E-state index in [1.807, 2.05) is 38.4 Å². The molecule has 0 spiro atoms. The molecule has 1 atom stereocenters. The van der Waals surface area contributed by atoms with Crippen LogP contribution in [0.15, 0.2) is 24.3 Å². The molecule has 2 rings (SSSR count). The molecule has 1 saturated heterocycles. The first kappa shape index (κ1) is 13.1. The largest absolute Gasteiger partial charge is 0.314 e. The van der Waals surface area contributed by atoms with E-state index < -0.39 is 0 Å². The Labute approximate surface area is 109 Å². The van der Waals surface area contributed by atoms with Crippen molar-refractivity contribution in [2.45, 2.75) is 32.2 Å². The minimum absolute atomic E-state index is 0.0463. The van der Waals surface area contributed by atoms with Gasteiger partial charge in [0.1, 0.15) is 0 Å². The van der Waals surface area contributed by atoms with E-state index in [1.54, 1.807) is 4.90 Å². The first-order valence-electron chi connectivity index (χ1n) is 6.64. The molecule has 3 nitrogen and oxygen atoms in total. The summed E-state index contributed by atoms with van der Waals surface area (Å²) in [5.74, 6) is 0.209. The van der Waals surface area contributed by atoms with E-state index in [1.165, 1.54) is 12.0 Å². The molecular weight excluding hydrogens is 224 g/mol. The van der Waals surface area contributed by atoms with Gasteiger partial charge in [0, 0.05) is 12.7 Å². The van der Waals surface area contributed by atoms with Gasteiger partial charge in [-0.25, -0.2) is 0 Å². The van der Waals surface area contributed by atoms with Crippen molar-refractivity contribution in [3.63, 3.8) is 0 Å². The Balaban J connectivity index is 2.10. The standard InChI is InChI=1S/C15H22N2O/c1-12-7-9-13(10-8-12)17(3)15(18)14-6-4-5-11-16(14)2/h7-10,14H,4-6,11H2,1-3H3. The lowest BCUT2D eigenvalue weighted by Gasteiger charge is -2.34. The van der Waals surface area contributed by atoms with Gasteiger partial charge >= 0.3 is 0 Å². The van der Waals surface area contributed by atoms with E-state index in [-0.39, 0.29) is 11.9 Å². The summed E-state index contributed by atoms with van der Waals surface area (Å²) in [6, 6.07) is 8.16. The Hall–Kier alpha value is -1.35. The fourth-order valence-corrected chi connectivity index (χ4v) is 2.51. The predicted molar refractivity (Wildman–Crippen MR) is 74.9 cm³/mol. The molecule has 0 N–H and O–H groups in total. The van der Waals surface area contributed by atoms with Crippen molar-refractivity contribution in [1.82, 2.24) is 4.90 Å². The molecule has 0 radical (unpaired) electrons. The van der Waals surface area contributed by atoms with Crippen molar-refractivity contribution in [3.8, 4) is 0 Å². The summed E-state index contributed by atoms with van der Waals surface area (Å²) in [5, 5.41) is 0. The topological polar surface area (TPSA) is 23.6 Å². The van der Waals surface area contributed by atoms with Crippen LogP contribution in [0.2, 0.25) is 0 Å². The molecule has 1 aromatic carbocycles. The molecule has 0 saturated carbocycles. The second kappa shape index (κ2) is 5.53. The van der Waals surface area contributed by atoms with E-state index in [0.29, 0.717) is 0 Å². The van der Waals surface area contributed by atoms with Crippen LogP contribution in [-0.2, 0) is 4.79 Å². The molecule has 1 fully saturated rings. The third-order valence-electron chi connectivity index (χ3n) is 3.81. The third kappa shape index (κ3) is 2.72. The molecule has 1 amide bonds. The number of anilines is 1. The number of piperidine rings is 1. The lowest BCUT2D eigenvalue weighted by molar-refractivity contribution is -0.124. The lowest BCUT2D eigenvalue weighted by Crippen LogP contribution is -2.48. The third-order valence-corrected chi connectivity index (χ3v) is 3.81. The van der Waals surface area contributed by atoms with Crippen molar-refractivity contribution in [2.75, 3.05) is 25.5 Å². The summed E-state index contributed by atoms with van der Waals surface area (Å²) in [7, 11) is 3.92. The van der Waals surface area contributed by atoms with Crippen LogP contribution in [-0.4, -0.2) is 37.5 Å². The highest BCUT2D eigenvalue weighted by molar-refractivity contribution is 5.96. The first-order valence-corrected chi connectivity index (χ1v) is 6.64. The highest BCUT2D eigenvalue weighted by Crippen LogP contribution is 2.20. The average Bonchev–Trinajstić information content (AvgIpc) is 2.38. The van der Waals surface area contributed by atoms with E-state index in [9.17, 15) is 4.79 Å². The van der Waals surface area contributed by atoms with Gasteiger partial charge < -0.3 is 4.90 Å². The molecule has 1 aliphatic heterocycles. The average molecular weight is 246 g/mol. The van der Waals surface area contributed by atoms with Gasteiger partial charge in [-0.05, 0) is 45.5 Å². The number of hydrogen-bond donors (Lipinski definition) is 0. The van der Waals surface area contributed by atoms with E-state index in [0.717, 1.165) is 25.1 Å². The van der Waals surface area contributed by atoms with Crippen LogP contribution in [0.3, 0.4) is 0 Å². The van der Waals surface area contributed by atoms with Gasteiger partial charge in [0.05, 0.1) is 6.04 Å². The predicted octanol–water partition coefficient (Wildman–Crippen LogP) is 2.44. The number of likely N-dealkylation sites (tertiary alicyclic amines) is 1. The zero-order chi connectivity index (χ0) is 13.1. The van der Waals surface area contributed by atoms with E-state index >= 15 is 0 Å². The molecule has 98 valence electrons. The number of aryl methyl sites for hydroxylation is 1. The molecule has 18 heavy (non-hydrogen) atoms. The highest BCUT2D eigenvalue weighted by Gasteiger charge is 2.28. The molecule has 1 aliphatic rings. The van der Waals surface area contributed by atoms with Gasteiger partial charge in [0.15, 0.2) is 0 Å². The van der Waals surface area contributed by atoms with Crippen LogP contribution >= 0.6 is 0 Å². The Bertz CT molecular complexity index is 413. The summed E-state index contributed by atoms with van der Waals surface area (Å²) in [6.07, 6.45) is 3.34. The van der Waals surface area contributed by atoms with Crippen LogP contribution in [0.25, 0.3) is 0 Å². The van der Waals surface area contributed by atoms with Crippen molar-refractivity contribution in [2.24, 2.45) is 0 Å². The Morgan fingerprint density at radius 2 is 1.94 bits per heavy atom. The maximum Gasteiger partial charge on any atom is 0.244 e. The zero-order valence-corrected chi connectivity index (χ0v) is 11.5. The normalized spacial score (nSPS) is 20.7. The Kier molecular flexibility index (Phi) is 4.02. The maximum absolute atomic E-state index is 12.5. The van der Waals surface area contributed by atoms with Crippen LogP contribution in [0, 0.1) is 6.92 Å². The van der Waals surface area contributed by atoms with Crippen LogP contribution in [0.5, 0.6) is 0 Å². The monoisotopic (exact) mass is 246 g/mol. The van der Waals surface area contributed by atoms with Gasteiger partial charge in [0.2, 0.25) is 5.91 Å². The molecule has 1 heterocycles. The quantitative estimate of drug-likeness (QED) is 0.800. The second-order valence-corrected chi connectivity index (χ2v) is 5.22. The number of carbonyl (C=O) groups is 1. The zero-order valence-electron chi connectivity index (χ0n) is 11.5. The first-order chi connectivity index (χ1) is 8.59. The van der Waals surface area contributed by atoms with Crippen molar-refractivity contribution >= 4 is 11.6 Å². The smallest absolute Gasteiger partial charge is 0.244 e. The van der Waals surface area contributed by atoms with Crippen LogP contribution in [0.4, 0.5) is 5.69 Å². The number of amides is 1. The highest BCUT2D eigenvalue weighted by atomic mass is 16.2. The van der Waals surface area contributed by atoms with Gasteiger partial charge in [-0.3, -0.25) is 9.69 Å². The number of carbonyl (C=O) groups excluding carboxylic acids is 1. The molecule has 1 unspecified atom stereocenters. The summed E-state index contributed by atoms with van der Waals surface area (Å²) in [6.45, 7) is 3.08. The van der Waals surface area contributed by atoms with Crippen molar-refractivity contribution in [1.29, 1.82) is 0 Å². The fraction of sp³-hybridized carbons (Fsp3) is 0.533. The Morgan fingerprint density at radius 1 is 1.28 bits per heavy atom. The summed E-state index contributed by atoms with van der Waals surface area (Å²) in [5.41, 5.74) is 2.19. The number of benzene rings is 1. The Morgan fingerprint density at radius 3 is 2.56 bits per heavy atom. The molecular formula is C15H22N2O. The van der Waals surface area contributed by atoms with Crippen LogP contribution < -0.4 is 4.90 Å². The molecule has 1 aromatic rings.